The van der Waals surface area contributed by atoms with Crippen LogP contribution < -0.4 is 5.56 Å². The Kier molecular flexibility index (Phi) is 3.55. The molecular formula is C16H18N6O. The summed E-state index contributed by atoms with van der Waals surface area (Å²) in [6.45, 7) is 7.81. The van der Waals surface area contributed by atoms with Crippen molar-refractivity contribution in [2.24, 2.45) is 5.10 Å². The monoisotopic (exact) mass is 310 g/mol. The molecule has 0 N–H and O–H groups in total. The van der Waals surface area contributed by atoms with Gasteiger partial charge < -0.3 is 0 Å². The highest BCUT2D eigenvalue weighted by Gasteiger charge is 2.23. The molecule has 0 spiro atoms. The van der Waals surface area contributed by atoms with Gasteiger partial charge in [-0.15, -0.1) is 10.2 Å². The second-order valence-corrected chi connectivity index (χ2v) is 6.45. The summed E-state index contributed by atoms with van der Waals surface area (Å²) in [5.74, 6) is 0.284. The average molecular weight is 310 g/mol. The van der Waals surface area contributed by atoms with Crippen LogP contribution >= 0.6 is 0 Å². The fraction of sp³-hybridized carbons (Fsp3) is 0.312. The molecule has 0 aliphatic carbocycles. The molecule has 2 aromatic heterocycles. The summed E-state index contributed by atoms with van der Waals surface area (Å²) in [6, 6.07) is 7.86. The predicted molar refractivity (Wildman–Crippen MR) is 87.9 cm³/mol. The third kappa shape index (κ3) is 2.90. The van der Waals surface area contributed by atoms with Crippen molar-refractivity contribution in [2.45, 2.75) is 33.1 Å². The maximum absolute atomic E-state index is 12.7. The van der Waals surface area contributed by atoms with Crippen LogP contribution in [0.3, 0.4) is 0 Å². The minimum Gasteiger partial charge on any atom is -0.265 e. The van der Waals surface area contributed by atoms with Crippen LogP contribution in [0.1, 0.15) is 37.6 Å². The average Bonchev–Trinajstić information content (AvgIpc) is 2.94. The smallest absolute Gasteiger partial charge is 0.265 e. The molecule has 0 bridgehead atoms. The van der Waals surface area contributed by atoms with Crippen LogP contribution in [-0.4, -0.2) is 30.7 Å². The molecule has 0 saturated heterocycles. The van der Waals surface area contributed by atoms with Crippen molar-refractivity contribution in [3.8, 4) is 0 Å². The topological polar surface area (TPSA) is 77.4 Å². The number of nitrogens with zero attached hydrogens (tertiary/aromatic N) is 6. The highest BCUT2D eigenvalue weighted by atomic mass is 16.1. The van der Waals surface area contributed by atoms with Crippen LogP contribution in [-0.2, 0) is 5.41 Å². The van der Waals surface area contributed by atoms with E-state index in [-0.39, 0.29) is 11.3 Å². The molecule has 0 amide bonds. The highest BCUT2D eigenvalue weighted by molar-refractivity contribution is 5.79. The van der Waals surface area contributed by atoms with Gasteiger partial charge in [-0.05, 0) is 12.5 Å². The van der Waals surface area contributed by atoms with Crippen molar-refractivity contribution in [3.05, 3.63) is 57.8 Å². The van der Waals surface area contributed by atoms with Gasteiger partial charge in [-0.25, -0.2) is 0 Å². The van der Waals surface area contributed by atoms with Crippen molar-refractivity contribution in [1.29, 1.82) is 0 Å². The van der Waals surface area contributed by atoms with Crippen LogP contribution in [0.15, 0.2) is 40.5 Å². The van der Waals surface area contributed by atoms with Crippen LogP contribution in [0.2, 0.25) is 0 Å². The molecule has 2 heterocycles. The van der Waals surface area contributed by atoms with Crippen LogP contribution in [0, 0.1) is 6.92 Å². The maximum Gasteiger partial charge on any atom is 0.298 e. The van der Waals surface area contributed by atoms with E-state index < -0.39 is 5.41 Å². The van der Waals surface area contributed by atoms with E-state index in [9.17, 15) is 4.79 Å². The number of rotatable bonds is 2. The first-order chi connectivity index (χ1) is 10.9. The minimum atomic E-state index is -0.406. The largest absolute Gasteiger partial charge is 0.298 e. The van der Waals surface area contributed by atoms with Crippen molar-refractivity contribution in [1.82, 2.24) is 24.5 Å². The Hall–Kier alpha value is -2.83. The van der Waals surface area contributed by atoms with Gasteiger partial charge in [0.15, 0.2) is 0 Å². The molecule has 0 aliphatic heterocycles. The molecule has 0 aliphatic rings. The summed E-state index contributed by atoms with van der Waals surface area (Å²) in [7, 11) is 0. The van der Waals surface area contributed by atoms with Gasteiger partial charge in [0.05, 0.1) is 6.21 Å². The van der Waals surface area contributed by atoms with Crippen molar-refractivity contribution in [2.75, 3.05) is 0 Å². The van der Waals surface area contributed by atoms with E-state index in [1.54, 1.807) is 6.21 Å². The zero-order valence-corrected chi connectivity index (χ0v) is 13.6. The molecule has 23 heavy (non-hydrogen) atoms. The minimum absolute atomic E-state index is 0.284. The summed E-state index contributed by atoms with van der Waals surface area (Å²) in [6.07, 6.45) is 3.09. The van der Waals surface area contributed by atoms with Crippen molar-refractivity contribution in [3.63, 3.8) is 0 Å². The van der Waals surface area contributed by atoms with Gasteiger partial charge in [-0.3, -0.25) is 4.79 Å². The van der Waals surface area contributed by atoms with E-state index in [4.69, 9.17) is 0 Å². The van der Waals surface area contributed by atoms with Crippen molar-refractivity contribution < 1.29 is 0 Å². The second kappa shape index (κ2) is 5.42. The predicted octanol–water partition coefficient (Wildman–Crippen LogP) is 1.77. The summed E-state index contributed by atoms with van der Waals surface area (Å²) < 4.78 is 2.70. The first-order valence-corrected chi connectivity index (χ1v) is 7.31. The lowest BCUT2D eigenvalue weighted by Crippen LogP contribution is -2.33. The Bertz CT molecular complexity index is 928. The van der Waals surface area contributed by atoms with Crippen molar-refractivity contribution >= 4 is 12.0 Å². The van der Waals surface area contributed by atoms with Gasteiger partial charge in [0.25, 0.3) is 11.3 Å². The van der Waals surface area contributed by atoms with Gasteiger partial charge in [0, 0.05) is 5.41 Å². The Morgan fingerprint density at radius 1 is 1.17 bits per heavy atom. The molecule has 0 unspecified atom stereocenters. The SMILES string of the molecule is Cc1ccc(/C=N\n2c(=O)c(C(C)(C)C)nn3cnnc23)cc1. The Balaban J connectivity index is 2.16. The molecule has 0 radical (unpaired) electrons. The third-order valence-electron chi connectivity index (χ3n) is 3.42. The van der Waals surface area contributed by atoms with Crippen LogP contribution in [0.4, 0.5) is 0 Å². The fourth-order valence-corrected chi connectivity index (χ4v) is 2.13. The lowest BCUT2D eigenvalue weighted by Gasteiger charge is -2.16. The Morgan fingerprint density at radius 3 is 2.52 bits per heavy atom. The first kappa shape index (κ1) is 15.1. The molecule has 118 valence electrons. The normalized spacial score (nSPS) is 12.3. The second-order valence-electron chi connectivity index (χ2n) is 6.45. The van der Waals surface area contributed by atoms with E-state index in [2.05, 4.69) is 20.4 Å². The highest BCUT2D eigenvalue weighted by Crippen LogP contribution is 2.16. The van der Waals surface area contributed by atoms with Gasteiger partial charge in [0.2, 0.25) is 0 Å². The molecular weight excluding hydrogens is 292 g/mol. The zero-order valence-electron chi connectivity index (χ0n) is 13.6. The number of hydrogen-bond acceptors (Lipinski definition) is 5. The quantitative estimate of drug-likeness (QED) is 0.676. The van der Waals surface area contributed by atoms with E-state index in [0.717, 1.165) is 11.1 Å². The van der Waals surface area contributed by atoms with Gasteiger partial charge >= 0.3 is 0 Å². The van der Waals surface area contributed by atoms with E-state index in [0.29, 0.717) is 5.69 Å². The number of fused-ring (bicyclic) bond motifs is 1. The molecule has 0 fully saturated rings. The maximum atomic E-state index is 12.7. The standard InChI is InChI=1S/C16H18N6O/c1-11-5-7-12(8-6-11)9-18-22-14(23)13(16(2,3)4)20-21-10-17-19-15(21)22/h5-10H,1-4H3/b18-9-. The Labute approximate surface area is 133 Å². The van der Waals surface area contributed by atoms with Crippen LogP contribution in [0.5, 0.6) is 0 Å². The molecule has 7 nitrogen and oxygen atoms in total. The Morgan fingerprint density at radius 2 is 1.87 bits per heavy atom. The lowest BCUT2D eigenvalue weighted by atomic mass is 9.93. The molecule has 3 rings (SSSR count). The molecule has 7 heteroatoms. The third-order valence-corrected chi connectivity index (χ3v) is 3.42. The van der Waals surface area contributed by atoms with Crippen LogP contribution in [0.25, 0.3) is 5.78 Å². The van der Waals surface area contributed by atoms with E-state index >= 15 is 0 Å². The molecule has 3 aromatic rings. The summed E-state index contributed by atoms with van der Waals surface area (Å²) in [5, 5.41) is 16.4. The van der Waals surface area contributed by atoms with Gasteiger partial charge in [-0.1, -0.05) is 50.6 Å². The van der Waals surface area contributed by atoms with E-state index in [1.807, 2.05) is 52.0 Å². The summed E-state index contributed by atoms with van der Waals surface area (Å²) >= 11 is 0. The number of aryl methyl sites for hydroxylation is 1. The lowest BCUT2D eigenvalue weighted by molar-refractivity contribution is 0.529. The fourth-order valence-electron chi connectivity index (χ4n) is 2.13. The van der Waals surface area contributed by atoms with E-state index in [1.165, 1.54) is 15.5 Å². The molecule has 0 atom stereocenters. The number of aromatic nitrogens is 5. The molecule has 1 aromatic carbocycles. The summed E-state index contributed by atoms with van der Waals surface area (Å²) in [4.78, 5) is 12.7. The van der Waals surface area contributed by atoms with Gasteiger partial charge in [0.1, 0.15) is 12.0 Å². The number of hydrogen-bond donors (Lipinski definition) is 0. The number of benzene rings is 1. The zero-order chi connectivity index (χ0) is 16.6. The summed E-state index contributed by atoms with van der Waals surface area (Å²) in [5.41, 5.74) is 1.77. The first-order valence-electron chi connectivity index (χ1n) is 7.31. The molecule has 0 saturated carbocycles. The van der Waals surface area contributed by atoms with Gasteiger partial charge in [-0.2, -0.15) is 19.4 Å².